The lowest BCUT2D eigenvalue weighted by molar-refractivity contribution is -0.122. The van der Waals surface area contributed by atoms with E-state index in [2.05, 4.69) is 20.6 Å². The molecule has 5 rings (SSSR count). The number of nitrogens with two attached hydrogens (primary N) is 1. The van der Waals surface area contributed by atoms with E-state index in [1.807, 2.05) is 35.0 Å². The van der Waals surface area contributed by atoms with E-state index in [9.17, 15) is 9.90 Å². The zero-order chi connectivity index (χ0) is 20.8. The quantitative estimate of drug-likeness (QED) is 0.528. The minimum atomic E-state index is -1.15. The van der Waals surface area contributed by atoms with Crippen LogP contribution in [0.1, 0.15) is 24.6 Å². The number of rotatable bonds is 5. The number of piperazine rings is 1. The van der Waals surface area contributed by atoms with E-state index in [1.54, 1.807) is 0 Å². The number of carbonyl (C=O) groups is 1. The van der Waals surface area contributed by atoms with Crippen LogP contribution in [0.15, 0.2) is 24.4 Å². The van der Waals surface area contributed by atoms with Crippen molar-refractivity contribution in [1.82, 2.24) is 14.9 Å². The molecular formula is C20H25N7O3. The Morgan fingerprint density at radius 3 is 2.97 bits per heavy atom. The lowest BCUT2D eigenvalue weighted by Gasteiger charge is -2.43. The molecule has 0 radical (unpaired) electrons. The second kappa shape index (κ2) is 7.38. The smallest absolute Gasteiger partial charge is 0.241 e. The number of aromatic nitrogens is 2. The van der Waals surface area contributed by atoms with Crippen molar-refractivity contribution < 1.29 is 14.6 Å². The molecule has 0 spiro atoms. The molecule has 2 fully saturated rings. The number of ether oxygens (including phenoxy) is 1. The SMILES string of the molecule is CN1CC(=O)N2c3ccc(Nc4ncc(C(N)O)c(NC5CC5)n4)cc3OCC2C1. The number of fused-ring (bicyclic) bond motifs is 3. The van der Waals surface area contributed by atoms with Gasteiger partial charge in [-0.25, -0.2) is 4.98 Å². The Morgan fingerprint density at radius 2 is 2.20 bits per heavy atom. The van der Waals surface area contributed by atoms with Gasteiger partial charge >= 0.3 is 0 Å². The molecule has 10 heteroatoms. The Morgan fingerprint density at radius 1 is 1.37 bits per heavy atom. The van der Waals surface area contributed by atoms with Crippen LogP contribution >= 0.6 is 0 Å². The van der Waals surface area contributed by atoms with E-state index < -0.39 is 6.23 Å². The molecule has 30 heavy (non-hydrogen) atoms. The summed E-state index contributed by atoms with van der Waals surface area (Å²) in [7, 11) is 1.94. The third-order valence-corrected chi connectivity index (χ3v) is 5.52. The number of nitrogens with one attached hydrogen (secondary N) is 2. The van der Waals surface area contributed by atoms with Crippen molar-refractivity contribution in [3.05, 3.63) is 30.0 Å². The van der Waals surface area contributed by atoms with Crippen molar-refractivity contribution in [1.29, 1.82) is 0 Å². The summed E-state index contributed by atoms with van der Waals surface area (Å²) in [6, 6.07) is 5.99. The van der Waals surface area contributed by atoms with Crippen LogP contribution in [0.4, 0.5) is 23.1 Å². The minimum absolute atomic E-state index is 0.0252. The molecule has 1 aromatic heterocycles. The first-order chi connectivity index (χ1) is 14.5. The largest absolute Gasteiger partial charge is 0.489 e. The first-order valence-electron chi connectivity index (χ1n) is 10.1. The number of hydrogen-bond acceptors (Lipinski definition) is 9. The predicted octanol–water partition coefficient (Wildman–Crippen LogP) is 0.783. The Hall–Kier alpha value is -2.95. The van der Waals surface area contributed by atoms with Crippen molar-refractivity contribution in [2.45, 2.75) is 31.2 Å². The number of likely N-dealkylation sites (N-methyl/N-ethyl adjacent to an activating group) is 1. The molecule has 2 aromatic rings. The van der Waals surface area contributed by atoms with Gasteiger partial charge in [-0.3, -0.25) is 9.69 Å². The van der Waals surface area contributed by atoms with E-state index in [-0.39, 0.29) is 11.9 Å². The number of amides is 1. The maximum atomic E-state index is 12.6. The molecule has 10 nitrogen and oxygen atoms in total. The molecule has 1 aromatic carbocycles. The average molecular weight is 411 g/mol. The summed E-state index contributed by atoms with van der Waals surface area (Å²) < 4.78 is 5.94. The number of benzene rings is 1. The lowest BCUT2D eigenvalue weighted by atomic mass is 10.1. The van der Waals surface area contributed by atoms with Crippen LogP contribution in [-0.4, -0.2) is 64.7 Å². The molecule has 2 atom stereocenters. The highest BCUT2D eigenvalue weighted by molar-refractivity contribution is 5.98. The molecule has 3 heterocycles. The van der Waals surface area contributed by atoms with Crippen LogP contribution in [0.2, 0.25) is 0 Å². The monoisotopic (exact) mass is 411 g/mol. The number of nitrogens with zero attached hydrogens (tertiary/aromatic N) is 4. The van der Waals surface area contributed by atoms with Gasteiger partial charge in [-0.15, -0.1) is 0 Å². The molecule has 5 N–H and O–H groups in total. The van der Waals surface area contributed by atoms with Gasteiger partial charge in [-0.05, 0) is 32.0 Å². The Balaban J connectivity index is 1.38. The first-order valence-corrected chi connectivity index (χ1v) is 10.1. The minimum Gasteiger partial charge on any atom is -0.489 e. The van der Waals surface area contributed by atoms with Gasteiger partial charge in [0.2, 0.25) is 11.9 Å². The fourth-order valence-electron chi connectivity index (χ4n) is 3.90. The van der Waals surface area contributed by atoms with Gasteiger partial charge < -0.3 is 31.1 Å². The summed E-state index contributed by atoms with van der Waals surface area (Å²) in [6.45, 7) is 1.65. The van der Waals surface area contributed by atoms with Crippen molar-refractivity contribution >= 4 is 29.0 Å². The highest BCUT2D eigenvalue weighted by atomic mass is 16.5. The second-order valence-corrected chi connectivity index (χ2v) is 8.09. The highest BCUT2D eigenvalue weighted by Gasteiger charge is 2.37. The molecular weight excluding hydrogens is 386 g/mol. The van der Waals surface area contributed by atoms with Gasteiger partial charge in [0.15, 0.2) is 0 Å². The Kier molecular flexibility index (Phi) is 4.69. The standard InChI is InChI=1S/C20H25N7O3/c1-26-8-13-10-30-16-6-12(4-5-15(16)27(13)17(28)9-26)24-20-22-7-14(18(21)29)19(25-20)23-11-2-3-11/h4-7,11,13,18,29H,2-3,8-10,21H2,1H3,(H2,22,23,24,25). The van der Waals surface area contributed by atoms with Crippen molar-refractivity contribution in [3.63, 3.8) is 0 Å². The molecule has 1 saturated heterocycles. The number of aliphatic hydroxyl groups excluding tert-OH is 1. The van der Waals surface area contributed by atoms with Gasteiger partial charge in [0, 0.05) is 30.5 Å². The first kappa shape index (κ1) is 19.0. The maximum Gasteiger partial charge on any atom is 0.241 e. The van der Waals surface area contributed by atoms with E-state index in [0.29, 0.717) is 42.3 Å². The number of anilines is 4. The van der Waals surface area contributed by atoms with Crippen LogP contribution in [0.3, 0.4) is 0 Å². The summed E-state index contributed by atoms with van der Waals surface area (Å²) in [5.41, 5.74) is 7.61. The molecule has 2 unspecified atom stereocenters. The van der Waals surface area contributed by atoms with Gasteiger partial charge in [0.05, 0.1) is 23.8 Å². The van der Waals surface area contributed by atoms with E-state index in [1.165, 1.54) is 6.20 Å². The number of hydrogen-bond donors (Lipinski definition) is 4. The third kappa shape index (κ3) is 3.64. The normalized spacial score (nSPS) is 22.0. The lowest BCUT2D eigenvalue weighted by Crippen LogP contribution is -2.59. The van der Waals surface area contributed by atoms with Crippen LogP contribution in [0.5, 0.6) is 5.75 Å². The summed E-state index contributed by atoms with van der Waals surface area (Å²) in [5.74, 6) is 1.64. The maximum absolute atomic E-state index is 12.6. The highest BCUT2D eigenvalue weighted by Crippen LogP contribution is 2.38. The van der Waals surface area contributed by atoms with Gasteiger partial charge in [0.25, 0.3) is 0 Å². The van der Waals surface area contributed by atoms with Crippen LogP contribution in [-0.2, 0) is 4.79 Å². The molecule has 1 amide bonds. The number of aliphatic hydroxyl groups is 1. The molecule has 1 aliphatic carbocycles. The van der Waals surface area contributed by atoms with Gasteiger partial charge in [0.1, 0.15) is 24.4 Å². The van der Waals surface area contributed by atoms with Crippen LogP contribution in [0.25, 0.3) is 0 Å². The zero-order valence-electron chi connectivity index (χ0n) is 16.7. The molecule has 3 aliphatic rings. The fraction of sp³-hybridized carbons (Fsp3) is 0.450. The third-order valence-electron chi connectivity index (χ3n) is 5.52. The van der Waals surface area contributed by atoms with E-state index >= 15 is 0 Å². The number of carbonyl (C=O) groups excluding carboxylic acids is 1. The molecule has 0 bridgehead atoms. The summed E-state index contributed by atoms with van der Waals surface area (Å²) in [4.78, 5) is 25.2. The van der Waals surface area contributed by atoms with Crippen LogP contribution < -0.4 is 26.0 Å². The summed E-state index contributed by atoms with van der Waals surface area (Å²) >= 11 is 0. The second-order valence-electron chi connectivity index (χ2n) is 8.09. The van der Waals surface area contributed by atoms with Crippen molar-refractivity contribution in [2.75, 3.05) is 42.3 Å². The van der Waals surface area contributed by atoms with Gasteiger partial charge in [-0.2, -0.15) is 4.98 Å². The average Bonchev–Trinajstić information content (AvgIpc) is 3.51. The van der Waals surface area contributed by atoms with Gasteiger partial charge in [-0.1, -0.05) is 0 Å². The molecule has 158 valence electrons. The van der Waals surface area contributed by atoms with Crippen molar-refractivity contribution in [3.8, 4) is 5.75 Å². The Labute approximate surface area is 174 Å². The molecule has 1 saturated carbocycles. The van der Waals surface area contributed by atoms with E-state index in [4.69, 9.17) is 10.5 Å². The summed E-state index contributed by atoms with van der Waals surface area (Å²) in [5, 5.41) is 16.2. The predicted molar refractivity (Wildman–Crippen MR) is 112 cm³/mol. The summed E-state index contributed by atoms with van der Waals surface area (Å²) in [6.07, 6.45) is 2.52. The zero-order valence-corrected chi connectivity index (χ0v) is 16.7. The topological polar surface area (TPSA) is 129 Å². The molecule has 2 aliphatic heterocycles. The Bertz CT molecular complexity index is 979. The van der Waals surface area contributed by atoms with Crippen molar-refractivity contribution in [2.24, 2.45) is 5.73 Å². The fourth-order valence-corrected chi connectivity index (χ4v) is 3.90. The van der Waals surface area contributed by atoms with Crippen LogP contribution in [0, 0.1) is 0 Å². The van der Waals surface area contributed by atoms with E-state index in [0.717, 1.165) is 30.8 Å².